The fourth-order valence-electron chi connectivity index (χ4n) is 2.01. The number of aliphatic imine (C=N–C) groups is 1. The molecule has 1 atom stereocenters. The normalized spacial score (nSPS) is 12.8. The van der Waals surface area contributed by atoms with Crippen LogP contribution in [-0.4, -0.2) is 25.7 Å². The second-order valence-electron chi connectivity index (χ2n) is 5.18. The Kier molecular flexibility index (Phi) is 6.40. The molecule has 23 heavy (non-hydrogen) atoms. The molecule has 0 bridgehead atoms. The summed E-state index contributed by atoms with van der Waals surface area (Å²) in [5.41, 5.74) is 0. The maximum absolute atomic E-state index is 13.5. The molecule has 2 rings (SSSR count). The zero-order valence-electron chi connectivity index (χ0n) is 13.6. The summed E-state index contributed by atoms with van der Waals surface area (Å²) in [5.74, 6) is 0.605. The van der Waals surface area contributed by atoms with Gasteiger partial charge in [0.1, 0.15) is 6.10 Å². The number of para-hydroxylation sites is 1. The molecule has 0 saturated carbocycles. The van der Waals surface area contributed by atoms with Gasteiger partial charge in [0, 0.05) is 16.8 Å². The predicted molar refractivity (Wildman–Crippen MR) is 93.7 cm³/mol. The van der Waals surface area contributed by atoms with E-state index in [1.807, 2.05) is 6.92 Å². The quantitative estimate of drug-likeness (QED) is 0.629. The minimum Gasteiger partial charge on any atom is -0.486 e. The van der Waals surface area contributed by atoms with Crippen molar-refractivity contribution in [1.82, 2.24) is 10.6 Å². The summed E-state index contributed by atoms with van der Waals surface area (Å²) in [4.78, 5) is 6.72. The van der Waals surface area contributed by atoms with E-state index >= 15 is 0 Å². The molecular formula is C17H22FN3OS. The maximum Gasteiger partial charge on any atom is 0.191 e. The molecule has 1 unspecified atom stereocenters. The third-order valence-corrected chi connectivity index (χ3v) is 4.17. The Morgan fingerprint density at radius 2 is 2.04 bits per heavy atom. The van der Waals surface area contributed by atoms with Gasteiger partial charge < -0.3 is 15.4 Å². The van der Waals surface area contributed by atoms with Crippen molar-refractivity contribution in [2.45, 2.75) is 26.5 Å². The summed E-state index contributed by atoms with van der Waals surface area (Å²) >= 11 is 1.76. The highest BCUT2D eigenvalue weighted by atomic mass is 32.1. The van der Waals surface area contributed by atoms with Gasteiger partial charge in [-0.05, 0) is 38.1 Å². The second-order valence-corrected chi connectivity index (χ2v) is 6.55. The Hall–Kier alpha value is -2.08. The number of guanidine groups is 1. The summed E-state index contributed by atoms with van der Waals surface area (Å²) in [6.07, 6.45) is -0.186. The third-order valence-electron chi connectivity index (χ3n) is 3.17. The Morgan fingerprint density at radius 1 is 1.26 bits per heavy atom. The van der Waals surface area contributed by atoms with Gasteiger partial charge in [-0.2, -0.15) is 0 Å². The summed E-state index contributed by atoms with van der Waals surface area (Å²) in [6.45, 7) is 5.22. The number of rotatable bonds is 6. The van der Waals surface area contributed by atoms with Gasteiger partial charge in [-0.3, -0.25) is 4.99 Å². The van der Waals surface area contributed by atoms with E-state index in [2.05, 4.69) is 34.7 Å². The largest absolute Gasteiger partial charge is 0.486 e. The smallest absolute Gasteiger partial charge is 0.191 e. The lowest BCUT2D eigenvalue weighted by Crippen LogP contribution is -2.41. The molecule has 0 amide bonds. The van der Waals surface area contributed by atoms with Crippen LogP contribution in [-0.2, 0) is 6.54 Å². The highest BCUT2D eigenvalue weighted by Crippen LogP contribution is 2.17. The summed E-state index contributed by atoms with van der Waals surface area (Å²) in [7, 11) is 1.72. The Morgan fingerprint density at radius 3 is 2.70 bits per heavy atom. The molecule has 0 aliphatic heterocycles. The van der Waals surface area contributed by atoms with Gasteiger partial charge in [0.2, 0.25) is 0 Å². The number of nitrogens with zero attached hydrogens (tertiary/aromatic N) is 1. The van der Waals surface area contributed by atoms with Crippen LogP contribution >= 0.6 is 11.3 Å². The number of benzene rings is 1. The molecule has 1 heterocycles. The summed E-state index contributed by atoms with van der Waals surface area (Å²) in [5, 5.41) is 6.43. The first-order valence-electron chi connectivity index (χ1n) is 7.49. The Balaban J connectivity index is 1.77. The van der Waals surface area contributed by atoms with Crippen molar-refractivity contribution in [3.8, 4) is 5.75 Å². The molecule has 1 aromatic carbocycles. The lowest BCUT2D eigenvalue weighted by molar-refractivity contribution is 0.214. The van der Waals surface area contributed by atoms with E-state index in [0.29, 0.717) is 12.5 Å². The fourth-order valence-corrected chi connectivity index (χ4v) is 2.84. The van der Waals surface area contributed by atoms with Gasteiger partial charge >= 0.3 is 0 Å². The van der Waals surface area contributed by atoms with Crippen LogP contribution in [0.2, 0.25) is 0 Å². The van der Waals surface area contributed by atoms with E-state index in [-0.39, 0.29) is 17.7 Å². The Labute approximate surface area is 140 Å². The molecule has 2 N–H and O–H groups in total. The molecule has 6 heteroatoms. The number of aryl methyl sites for hydroxylation is 1. The number of halogens is 1. The van der Waals surface area contributed by atoms with Crippen molar-refractivity contribution in [3.63, 3.8) is 0 Å². The molecule has 0 spiro atoms. The first-order valence-corrected chi connectivity index (χ1v) is 8.31. The van der Waals surface area contributed by atoms with E-state index in [0.717, 1.165) is 6.54 Å². The van der Waals surface area contributed by atoms with Gasteiger partial charge in [0.05, 0.1) is 13.1 Å². The lowest BCUT2D eigenvalue weighted by Gasteiger charge is -2.17. The van der Waals surface area contributed by atoms with Crippen molar-refractivity contribution < 1.29 is 9.13 Å². The third kappa shape index (κ3) is 5.56. The van der Waals surface area contributed by atoms with Gasteiger partial charge in [0.15, 0.2) is 17.5 Å². The molecule has 0 saturated heterocycles. The predicted octanol–water partition coefficient (Wildman–Crippen LogP) is 3.33. The van der Waals surface area contributed by atoms with Crippen LogP contribution < -0.4 is 15.4 Å². The number of ether oxygens (including phenoxy) is 1. The zero-order chi connectivity index (χ0) is 16.7. The van der Waals surface area contributed by atoms with Gasteiger partial charge in [-0.15, -0.1) is 11.3 Å². The SMILES string of the molecule is CN=C(NCc1ccc(C)s1)NCC(C)Oc1ccccc1F. The van der Waals surface area contributed by atoms with Crippen LogP contribution in [0.15, 0.2) is 41.4 Å². The molecular weight excluding hydrogens is 313 g/mol. The summed E-state index contributed by atoms with van der Waals surface area (Å²) in [6, 6.07) is 10.6. The van der Waals surface area contributed by atoms with Crippen molar-refractivity contribution in [3.05, 3.63) is 52.0 Å². The molecule has 0 aliphatic rings. The van der Waals surface area contributed by atoms with Crippen LogP contribution in [0.4, 0.5) is 4.39 Å². The second kappa shape index (κ2) is 8.53. The minimum atomic E-state index is -0.352. The number of nitrogens with one attached hydrogen (secondary N) is 2. The van der Waals surface area contributed by atoms with Crippen LogP contribution in [0.1, 0.15) is 16.7 Å². The highest BCUT2D eigenvalue weighted by Gasteiger charge is 2.09. The number of hydrogen-bond donors (Lipinski definition) is 2. The molecule has 1 aromatic heterocycles. The standard InChI is InChI=1S/C17H22FN3OS/c1-12(22-16-7-5-4-6-15(16)18)10-20-17(19-3)21-11-14-9-8-13(2)23-14/h4-9,12H,10-11H2,1-3H3,(H2,19,20,21). The van der Waals surface area contributed by atoms with Crippen molar-refractivity contribution in [2.24, 2.45) is 4.99 Å². The van der Waals surface area contributed by atoms with E-state index in [1.165, 1.54) is 15.8 Å². The molecule has 0 radical (unpaired) electrons. The number of hydrogen-bond acceptors (Lipinski definition) is 3. The maximum atomic E-state index is 13.5. The van der Waals surface area contributed by atoms with Crippen LogP contribution in [0.3, 0.4) is 0 Å². The summed E-state index contributed by atoms with van der Waals surface area (Å²) < 4.78 is 19.1. The van der Waals surface area contributed by atoms with E-state index in [9.17, 15) is 4.39 Å². The molecule has 124 valence electrons. The van der Waals surface area contributed by atoms with Crippen LogP contribution in [0.25, 0.3) is 0 Å². The highest BCUT2D eigenvalue weighted by molar-refractivity contribution is 7.11. The van der Waals surface area contributed by atoms with Crippen molar-refractivity contribution in [1.29, 1.82) is 0 Å². The fraction of sp³-hybridized carbons (Fsp3) is 0.353. The van der Waals surface area contributed by atoms with Gasteiger partial charge in [-0.1, -0.05) is 12.1 Å². The van der Waals surface area contributed by atoms with Crippen LogP contribution in [0.5, 0.6) is 5.75 Å². The van der Waals surface area contributed by atoms with E-state index in [1.54, 1.807) is 36.6 Å². The lowest BCUT2D eigenvalue weighted by atomic mass is 10.3. The van der Waals surface area contributed by atoms with Crippen molar-refractivity contribution in [2.75, 3.05) is 13.6 Å². The topological polar surface area (TPSA) is 45.7 Å². The van der Waals surface area contributed by atoms with Gasteiger partial charge in [-0.25, -0.2) is 4.39 Å². The molecule has 2 aromatic rings. The average Bonchev–Trinajstić information content (AvgIpc) is 2.95. The minimum absolute atomic E-state index is 0.186. The zero-order valence-corrected chi connectivity index (χ0v) is 14.4. The van der Waals surface area contributed by atoms with Crippen LogP contribution in [0, 0.1) is 12.7 Å². The monoisotopic (exact) mass is 335 g/mol. The number of thiophene rings is 1. The van der Waals surface area contributed by atoms with Crippen molar-refractivity contribution >= 4 is 17.3 Å². The van der Waals surface area contributed by atoms with Gasteiger partial charge in [0.25, 0.3) is 0 Å². The first kappa shape index (κ1) is 17.3. The molecule has 4 nitrogen and oxygen atoms in total. The average molecular weight is 335 g/mol. The first-order chi connectivity index (χ1) is 11.1. The molecule has 0 aliphatic carbocycles. The Bertz CT molecular complexity index is 657. The van der Waals surface area contributed by atoms with E-state index < -0.39 is 0 Å². The molecule has 0 fully saturated rings. The van der Waals surface area contributed by atoms with E-state index in [4.69, 9.17) is 4.74 Å².